The maximum absolute atomic E-state index is 13.2. The number of carboxylic acids is 2. The molecule has 3 amide bonds. The molecule has 7 N–H and O–H groups in total. The lowest BCUT2D eigenvalue weighted by molar-refractivity contribution is -0.908. The minimum absolute atomic E-state index is 0.00762. The summed E-state index contributed by atoms with van der Waals surface area (Å²) < 4.78 is 4.30. The van der Waals surface area contributed by atoms with Gasteiger partial charge in [0.05, 0.1) is 33.2 Å². The van der Waals surface area contributed by atoms with Crippen LogP contribution in [0.2, 0.25) is 0 Å². The van der Waals surface area contributed by atoms with Crippen LogP contribution in [-0.4, -0.2) is 143 Å². The molecular formula is C26H29N8O10S2+. The van der Waals surface area contributed by atoms with Gasteiger partial charge in [-0.2, -0.15) is 9.36 Å². The first kappa shape index (κ1) is 32.4. The highest BCUT2D eigenvalue weighted by Crippen LogP contribution is 2.41. The number of rotatable bonds is 10. The summed E-state index contributed by atoms with van der Waals surface area (Å²) in [7, 11) is 1.94. The van der Waals surface area contributed by atoms with Gasteiger partial charge in [0.15, 0.2) is 16.6 Å². The SMILES string of the molecule is C[N+]1(CC2=C(C(=O)O)N3C(=O)[C@@H](NC(=O)C(=NOCC(=O)O)c4nsc(N)n4)[C@@H]3SC2)CCN(C(=O)c2ccc(O)c(O)c2)CC1. The van der Waals surface area contributed by atoms with Gasteiger partial charge in [0, 0.05) is 28.4 Å². The van der Waals surface area contributed by atoms with E-state index >= 15 is 0 Å². The van der Waals surface area contributed by atoms with Crippen LogP contribution in [0.3, 0.4) is 0 Å². The number of nitrogens with one attached hydrogen (secondary N) is 1. The third-order valence-electron chi connectivity index (χ3n) is 7.65. The number of hydrogen-bond acceptors (Lipinski definition) is 14. The van der Waals surface area contributed by atoms with Crippen molar-refractivity contribution in [2.45, 2.75) is 11.4 Å². The van der Waals surface area contributed by atoms with Crippen molar-refractivity contribution in [2.24, 2.45) is 5.16 Å². The van der Waals surface area contributed by atoms with Gasteiger partial charge in [0.2, 0.25) is 18.1 Å². The van der Waals surface area contributed by atoms with E-state index in [4.69, 9.17) is 10.8 Å². The number of piperazine rings is 1. The van der Waals surface area contributed by atoms with Crippen molar-refractivity contribution in [1.29, 1.82) is 0 Å². The number of carboxylic acid groups (broad SMARTS) is 2. The summed E-state index contributed by atoms with van der Waals surface area (Å²) in [6, 6.07) is 2.75. The summed E-state index contributed by atoms with van der Waals surface area (Å²) >= 11 is 2.04. The maximum atomic E-state index is 13.2. The van der Waals surface area contributed by atoms with Gasteiger partial charge in [0.25, 0.3) is 17.7 Å². The van der Waals surface area contributed by atoms with Crippen LogP contribution >= 0.6 is 23.3 Å². The number of nitrogen functional groups attached to an aromatic ring is 1. The number of phenolic OH excluding ortho intramolecular Hbond substituents is 2. The average molecular weight is 678 g/mol. The number of nitrogens with two attached hydrogens (primary N) is 1. The average Bonchev–Trinajstić information content (AvgIpc) is 3.44. The van der Waals surface area contributed by atoms with Gasteiger partial charge in [0.1, 0.15) is 23.7 Å². The van der Waals surface area contributed by atoms with Crippen molar-refractivity contribution < 1.29 is 53.7 Å². The Kier molecular flexibility index (Phi) is 9.03. The molecule has 2 atom stereocenters. The molecule has 0 radical (unpaired) electrons. The number of quaternary nitrogens is 1. The van der Waals surface area contributed by atoms with E-state index in [1.807, 2.05) is 7.05 Å². The third kappa shape index (κ3) is 6.53. The fourth-order valence-electron chi connectivity index (χ4n) is 5.29. The number of hydrogen-bond donors (Lipinski definition) is 6. The number of benzene rings is 1. The lowest BCUT2D eigenvalue weighted by Gasteiger charge is -2.50. The molecule has 18 nitrogen and oxygen atoms in total. The van der Waals surface area contributed by atoms with Crippen LogP contribution in [0.4, 0.5) is 5.13 Å². The van der Waals surface area contributed by atoms with Crippen molar-refractivity contribution in [3.05, 3.63) is 40.9 Å². The molecule has 0 spiro atoms. The lowest BCUT2D eigenvalue weighted by Crippen LogP contribution is -2.71. The Bertz CT molecular complexity index is 1670. The van der Waals surface area contributed by atoms with Crippen molar-refractivity contribution in [3.8, 4) is 11.5 Å². The number of aliphatic carboxylic acids is 2. The quantitative estimate of drug-likeness (QED) is 0.0561. The smallest absolute Gasteiger partial charge is 0.352 e. The molecule has 5 rings (SSSR count). The van der Waals surface area contributed by atoms with Gasteiger partial charge in [-0.15, -0.1) is 11.8 Å². The molecule has 0 bridgehead atoms. The Morgan fingerprint density at radius 1 is 1.17 bits per heavy atom. The number of aromatic nitrogens is 2. The molecule has 244 valence electrons. The number of carbonyl (C=O) groups excluding carboxylic acids is 3. The highest BCUT2D eigenvalue weighted by Gasteiger charge is 2.55. The predicted molar refractivity (Wildman–Crippen MR) is 161 cm³/mol. The van der Waals surface area contributed by atoms with Crippen LogP contribution in [0.15, 0.2) is 34.6 Å². The van der Waals surface area contributed by atoms with E-state index in [0.717, 1.165) is 16.4 Å². The van der Waals surface area contributed by atoms with Crippen LogP contribution in [0.5, 0.6) is 11.5 Å². The lowest BCUT2D eigenvalue weighted by atomic mass is 10.0. The number of nitrogens with zero attached hydrogens (tertiary/aromatic N) is 6. The van der Waals surface area contributed by atoms with Crippen LogP contribution in [0.1, 0.15) is 16.2 Å². The number of fused-ring (bicyclic) bond motifs is 1. The van der Waals surface area contributed by atoms with Gasteiger partial charge in [-0.1, -0.05) is 5.16 Å². The standard InChI is InChI=1S/C26H28N8O10S2/c1-34(6-4-32(5-7-34)22(40)12-2-3-14(35)15(36)8-12)9-13-11-45-24-18(23(41)33(24)19(13)25(42)43)28-21(39)17(30-44-10-16(37)38)20-29-26(27)46-31-20/h2-3,8,18,24H,4-7,9-11H2,1H3,(H6-,27,28,29,30,31,35,36,37,38,39,40,42,43)/p+1/t18-,24+/m1/s1. The van der Waals surface area contributed by atoms with Crippen LogP contribution in [-0.2, 0) is 24.0 Å². The van der Waals surface area contributed by atoms with Crippen LogP contribution < -0.4 is 11.1 Å². The van der Waals surface area contributed by atoms with E-state index in [2.05, 4.69) is 24.7 Å². The summed E-state index contributed by atoms with van der Waals surface area (Å²) in [5.74, 6) is -5.25. The van der Waals surface area contributed by atoms with E-state index in [0.29, 0.717) is 42.8 Å². The number of likely N-dealkylation sites (N-methyl/N-ethyl adjacent to an activating group) is 1. The second kappa shape index (κ2) is 12.8. The summed E-state index contributed by atoms with van der Waals surface area (Å²) in [6.07, 6.45) is 0. The number of amides is 3. The number of phenols is 2. The number of thioether (sulfide) groups is 1. The molecule has 1 aromatic heterocycles. The molecule has 20 heteroatoms. The van der Waals surface area contributed by atoms with E-state index < -0.39 is 53.2 Å². The number of carbonyl (C=O) groups is 5. The Morgan fingerprint density at radius 3 is 2.50 bits per heavy atom. The Labute approximate surface area is 268 Å². The normalized spacial score (nSPS) is 20.9. The zero-order valence-electron chi connectivity index (χ0n) is 24.2. The Balaban J connectivity index is 1.26. The second-order valence-corrected chi connectivity index (χ2v) is 12.8. The van der Waals surface area contributed by atoms with Gasteiger partial charge in [-0.05, 0) is 18.2 Å². The molecular weight excluding hydrogens is 648 g/mol. The number of aromatic hydroxyl groups is 2. The van der Waals surface area contributed by atoms with Crippen molar-refractivity contribution in [2.75, 3.05) is 57.9 Å². The molecule has 3 aliphatic rings. The van der Waals surface area contributed by atoms with E-state index in [-0.39, 0.29) is 39.6 Å². The van der Waals surface area contributed by atoms with E-state index in [9.17, 15) is 39.3 Å². The predicted octanol–water partition coefficient (Wildman–Crippen LogP) is -1.32. The molecule has 2 fully saturated rings. The highest BCUT2D eigenvalue weighted by molar-refractivity contribution is 8.00. The fraction of sp³-hybridized carbons (Fsp3) is 0.385. The van der Waals surface area contributed by atoms with Crippen molar-refractivity contribution in [1.82, 2.24) is 24.5 Å². The summed E-state index contributed by atoms with van der Waals surface area (Å²) in [6.45, 7) is 1.16. The summed E-state index contributed by atoms with van der Waals surface area (Å²) in [5, 5.41) is 43.5. The third-order valence-corrected chi connectivity index (χ3v) is 9.53. The first-order valence-corrected chi connectivity index (χ1v) is 15.5. The van der Waals surface area contributed by atoms with E-state index in [1.165, 1.54) is 30.0 Å². The zero-order valence-corrected chi connectivity index (χ0v) is 25.8. The molecule has 0 aliphatic carbocycles. The Morgan fingerprint density at radius 2 is 1.89 bits per heavy atom. The van der Waals surface area contributed by atoms with Crippen LogP contribution in [0, 0.1) is 0 Å². The number of oxime groups is 1. The topological polar surface area (TPSA) is 258 Å². The molecule has 0 saturated carbocycles. The number of anilines is 1. The minimum Gasteiger partial charge on any atom is -0.504 e. The molecule has 1 aromatic carbocycles. The fourth-order valence-corrected chi connectivity index (χ4v) is 7.06. The zero-order chi connectivity index (χ0) is 33.3. The summed E-state index contributed by atoms with van der Waals surface area (Å²) in [5.41, 5.74) is 5.68. The molecule has 46 heavy (non-hydrogen) atoms. The molecule has 3 aliphatic heterocycles. The largest absolute Gasteiger partial charge is 0.504 e. The van der Waals surface area contributed by atoms with Gasteiger partial charge in [-0.3, -0.25) is 19.3 Å². The van der Waals surface area contributed by atoms with Gasteiger partial charge < -0.3 is 45.7 Å². The Hall–Kier alpha value is -4.95. The monoisotopic (exact) mass is 677 g/mol. The summed E-state index contributed by atoms with van der Waals surface area (Å²) in [4.78, 5) is 73.8. The maximum Gasteiger partial charge on any atom is 0.352 e. The minimum atomic E-state index is -1.34. The van der Waals surface area contributed by atoms with Crippen molar-refractivity contribution >= 4 is 63.8 Å². The van der Waals surface area contributed by atoms with Gasteiger partial charge >= 0.3 is 11.9 Å². The van der Waals surface area contributed by atoms with Gasteiger partial charge in [-0.25, -0.2) is 9.59 Å². The van der Waals surface area contributed by atoms with Crippen LogP contribution in [0.25, 0.3) is 0 Å². The molecule has 2 saturated heterocycles. The molecule has 4 heterocycles. The molecule has 2 aromatic rings. The first-order valence-electron chi connectivity index (χ1n) is 13.6. The molecule has 0 unspecified atom stereocenters. The van der Waals surface area contributed by atoms with Crippen molar-refractivity contribution in [3.63, 3.8) is 0 Å². The van der Waals surface area contributed by atoms with E-state index in [1.54, 1.807) is 4.90 Å². The second-order valence-electron chi connectivity index (χ2n) is 10.9. The highest BCUT2D eigenvalue weighted by atomic mass is 32.2. The number of β-lactam (4-membered cyclic amide) rings is 1. The first-order chi connectivity index (χ1) is 21.8.